The van der Waals surface area contributed by atoms with Crippen molar-refractivity contribution in [2.75, 3.05) is 23.5 Å². The SMILES string of the molecule is O=[N+]([O-])c1ccccc1F.O=[N+]([O-])c1ccccc1OC(CCl)CCl.OC(CCl)CCl. The van der Waals surface area contributed by atoms with Gasteiger partial charge in [0.05, 0.1) is 27.7 Å². The van der Waals surface area contributed by atoms with Crippen LogP contribution in [-0.2, 0) is 0 Å². The minimum atomic E-state index is -0.799. The summed E-state index contributed by atoms with van der Waals surface area (Å²) in [6.07, 6.45) is -0.956. The highest BCUT2D eigenvalue weighted by atomic mass is 35.5. The maximum Gasteiger partial charge on any atom is 0.310 e. The third-order valence-corrected chi connectivity index (χ3v) is 4.51. The van der Waals surface area contributed by atoms with Gasteiger partial charge in [-0.15, -0.1) is 46.4 Å². The summed E-state index contributed by atoms with van der Waals surface area (Å²) < 4.78 is 17.7. The summed E-state index contributed by atoms with van der Waals surface area (Å²) in [7, 11) is 0. The van der Waals surface area contributed by atoms with Crippen molar-refractivity contribution in [2.24, 2.45) is 0 Å². The highest BCUT2D eigenvalue weighted by Gasteiger charge is 2.17. The number of para-hydroxylation sites is 3. The minimum absolute atomic E-state index is 0.0854. The van der Waals surface area contributed by atoms with Crippen LogP contribution in [-0.4, -0.2) is 50.7 Å². The van der Waals surface area contributed by atoms with Crippen LogP contribution in [0, 0.1) is 26.0 Å². The van der Waals surface area contributed by atoms with E-state index >= 15 is 0 Å². The lowest BCUT2D eigenvalue weighted by molar-refractivity contribution is -0.387. The second-order valence-corrected chi connectivity index (χ2v) is 6.68. The van der Waals surface area contributed by atoms with E-state index in [2.05, 4.69) is 0 Å². The summed E-state index contributed by atoms with van der Waals surface area (Å²) in [4.78, 5) is 19.4. The van der Waals surface area contributed by atoms with Crippen LogP contribution < -0.4 is 4.74 Å². The Hall–Kier alpha value is -1.91. The average molecular weight is 520 g/mol. The Balaban J connectivity index is 0.000000484. The molecule has 13 heteroatoms. The first-order valence-corrected chi connectivity index (χ1v) is 10.6. The van der Waals surface area contributed by atoms with Crippen LogP contribution in [0.2, 0.25) is 0 Å². The van der Waals surface area contributed by atoms with Gasteiger partial charge in [-0.1, -0.05) is 24.3 Å². The second-order valence-electron chi connectivity index (χ2n) is 5.44. The molecule has 0 aliphatic carbocycles. The number of rotatable bonds is 8. The molecule has 0 heterocycles. The third-order valence-electron chi connectivity index (χ3n) is 3.11. The fourth-order valence-corrected chi connectivity index (χ4v) is 2.42. The molecule has 31 heavy (non-hydrogen) atoms. The molecule has 0 unspecified atom stereocenters. The largest absolute Gasteiger partial charge is 0.481 e. The van der Waals surface area contributed by atoms with Crippen LogP contribution in [0.3, 0.4) is 0 Å². The topological polar surface area (TPSA) is 116 Å². The number of aliphatic hydroxyl groups is 1. The van der Waals surface area contributed by atoms with Gasteiger partial charge >= 0.3 is 11.4 Å². The molecule has 0 spiro atoms. The monoisotopic (exact) mass is 518 g/mol. The van der Waals surface area contributed by atoms with Crippen molar-refractivity contribution in [3.05, 3.63) is 74.6 Å². The lowest BCUT2D eigenvalue weighted by Crippen LogP contribution is -2.20. The molecule has 172 valence electrons. The fraction of sp³-hybridized carbons (Fsp3) is 0.333. The van der Waals surface area contributed by atoms with E-state index in [1.807, 2.05) is 0 Å². The van der Waals surface area contributed by atoms with Crippen LogP contribution in [0.4, 0.5) is 15.8 Å². The summed E-state index contributed by atoms with van der Waals surface area (Å²) >= 11 is 21.4. The Morgan fingerprint density at radius 3 is 1.65 bits per heavy atom. The van der Waals surface area contributed by atoms with Gasteiger partial charge in [-0.3, -0.25) is 20.2 Å². The average Bonchev–Trinajstić information content (AvgIpc) is 2.78. The molecule has 0 fully saturated rings. The van der Waals surface area contributed by atoms with E-state index in [1.54, 1.807) is 12.1 Å². The van der Waals surface area contributed by atoms with E-state index < -0.39 is 33.6 Å². The molecular weight excluding hydrogens is 501 g/mol. The molecule has 1 N–H and O–H groups in total. The van der Waals surface area contributed by atoms with Gasteiger partial charge in [-0.2, -0.15) is 4.39 Å². The number of benzene rings is 2. The van der Waals surface area contributed by atoms with E-state index in [0.29, 0.717) is 0 Å². The fourth-order valence-electron chi connectivity index (χ4n) is 1.63. The molecule has 0 aliphatic heterocycles. The van der Waals surface area contributed by atoms with Gasteiger partial charge in [0, 0.05) is 23.9 Å². The molecular formula is C18H19Cl4FN2O6. The van der Waals surface area contributed by atoms with Crippen LogP contribution in [0.5, 0.6) is 5.75 Å². The molecule has 2 aromatic carbocycles. The molecule has 0 aliphatic rings. The predicted molar refractivity (Wildman–Crippen MR) is 119 cm³/mol. The predicted octanol–water partition coefficient (Wildman–Crippen LogP) is 5.38. The molecule has 2 aromatic rings. The Morgan fingerprint density at radius 2 is 1.29 bits per heavy atom. The third kappa shape index (κ3) is 11.9. The van der Waals surface area contributed by atoms with Gasteiger partial charge in [-0.25, -0.2) is 0 Å². The Morgan fingerprint density at radius 1 is 0.839 bits per heavy atom. The van der Waals surface area contributed by atoms with Crippen LogP contribution in [0.1, 0.15) is 0 Å². The van der Waals surface area contributed by atoms with E-state index in [0.717, 1.165) is 12.1 Å². The number of nitro benzene ring substituents is 2. The van der Waals surface area contributed by atoms with Crippen molar-refractivity contribution in [1.82, 2.24) is 0 Å². The number of alkyl halides is 4. The van der Waals surface area contributed by atoms with E-state index in [9.17, 15) is 24.6 Å². The Kier molecular flexibility index (Phi) is 15.7. The number of nitro groups is 2. The van der Waals surface area contributed by atoms with Crippen LogP contribution in [0.25, 0.3) is 0 Å². The van der Waals surface area contributed by atoms with Gasteiger partial charge < -0.3 is 9.84 Å². The lowest BCUT2D eigenvalue weighted by atomic mass is 10.3. The summed E-state index contributed by atoms with van der Waals surface area (Å²) in [6.45, 7) is 0. The van der Waals surface area contributed by atoms with Crippen molar-refractivity contribution in [3.63, 3.8) is 0 Å². The zero-order valence-electron chi connectivity index (χ0n) is 15.9. The molecule has 0 atom stereocenters. The molecule has 0 aromatic heterocycles. The van der Waals surface area contributed by atoms with Gasteiger partial charge in [0.1, 0.15) is 6.10 Å². The van der Waals surface area contributed by atoms with Crippen LogP contribution >= 0.6 is 46.4 Å². The zero-order valence-corrected chi connectivity index (χ0v) is 18.9. The first-order valence-electron chi connectivity index (χ1n) is 8.42. The van der Waals surface area contributed by atoms with Gasteiger partial charge in [-0.05, 0) is 12.1 Å². The number of halogens is 5. The van der Waals surface area contributed by atoms with E-state index in [-0.39, 0.29) is 35.0 Å². The summed E-state index contributed by atoms with van der Waals surface area (Å²) in [5.74, 6) is 0.222. The molecule has 0 saturated heterocycles. The van der Waals surface area contributed by atoms with Gasteiger partial charge in [0.15, 0.2) is 5.75 Å². The number of nitrogens with zero attached hydrogens (tertiary/aromatic N) is 2. The van der Waals surface area contributed by atoms with Crippen LogP contribution in [0.15, 0.2) is 48.5 Å². The number of hydrogen-bond acceptors (Lipinski definition) is 6. The minimum Gasteiger partial charge on any atom is -0.481 e. The molecule has 0 saturated carbocycles. The maximum absolute atomic E-state index is 12.4. The van der Waals surface area contributed by atoms with Gasteiger partial charge in [0.25, 0.3) is 0 Å². The zero-order chi connectivity index (χ0) is 23.8. The highest BCUT2D eigenvalue weighted by Crippen LogP contribution is 2.27. The summed E-state index contributed by atoms with van der Waals surface area (Å²) in [6, 6.07) is 11.1. The number of ether oxygens (including phenoxy) is 1. The van der Waals surface area contributed by atoms with E-state index in [4.69, 9.17) is 56.2 Å². The molecule has 8 nitrogen and oxygen atoms in total. The second kappa shape index (κ2) is 16.7. The van der Waals surface area contributed by atoms with Gasteiger partial charge in [0.2, 0.25) is 5.82 Å². The first kappa shape index (κ1) is 29.1. The lowest BCUT2D eigenvalue weighted by Gasteiger charge is -2.13. The first-order chi connectivity index (χ1) is 14.7. The number of hydrogen-bond donors (Lipinski definition) is 1. The standard InChI is InChI=1S/C9H9Cl2NO3.C6H4FNO2.C3H6Cl2O/c10-5-7(6-11)15-9-4-2-1-3-8(9)12(13)14;7-5-3-1-2-4-6(5)8(9)10;4-1-3(6)2-5/h1-4,7H,5-6H2;1-4H;3,6H,1-2H2. The molecule has 0 amide bonds. The maximum atomic E-state index is 12.4. The van der Waals surface area contributed by atoms with Crippen molar-refractivity contribution < 1.29 is 24.1 Å². The van der Waals surface area contributed by atoms with Crippen molar-refractivity contribution in [2.45, 2.75) is 12.2 Å². The molecule has 2 rings (SSSR count). The normalized spacial score (nSPS) is 9.94. The van der Waals surface area contributed by atoms with Crippen molar-refractivity contribution in [3.8, 4) is 5.75 Å². The number of aliphatic hydroxyl groups excluding tert-OH is 1. The summed E-state index contributed by atoms with van der Waals surface area (Å²) in [5, 5.41) is 29.0. The smallest absolute Gasteiger partial charge is 0.310 e. The summed E-state index contributed by atoms with van der Waals surface area (Å²) in [5.41, 5.74) is -0.569. The quantitative estimate of drug-likeness (QED) is 0.284. The molecule has 0 bridgehead atoms. The van der Waals surface area contributed by atoms with Crippen molar-refractivity contribution >= 4 is 57.8 Å². The van der Waals surface area contributed by atoms with Crippen molar-refractivity contribution in [1.29, 1.82) is 0 Å². The Labute approximate surface area is 197 Å². The highest BCUT2D eigenvalue weighted by molar-refractivity contribution is 6.21. The van der Waals surface area contributed by atoms with E-state index in [1.165, 1.54) is 24.3 Å². The Bertz CT molecular complexity index is 810. The molecule has 0 radical (unpaired) electrons.